The number of anilines is 1. The molecule has 0 atom stereocenters. The average molecular weight is 464 g/mol. The van der Waals surface area contributed by atoms with Crippen molar-refractivity contribution < 1.29 is 22.8 Å². The number of primary amides is 1. The molecule has 0 saturated carbocycles. The lowest BCUT2D eigenvalue weighted by atomic mass is 10.1. The van der Waals surface area contributed by atoms with Crippen LogP contribution in [0.4, 0.5) is 18.9 Å². The number of hydrogen-bond acceptors (Lipinski definition) is 5. The van der Waals surface area contributed by atoms with E-state index < -0.39 is 29.4 Å². The number of carbonyl (C=O) groups excluding carboxylic acids is 2. The zero-order valence-corrected chi connectivity index (χ0v) is 16.9. The number of rotatable bonds is 4. The van der Waals surface area contributed by atoms with Crippen molar-refractivity contribution in [2.75, 3.05) is 5.32 Å². The van der Waals surface area contributed by atoms with Crippen LogP contribution in [0.2, 0.25) is 5.02 Å². The number of aryl methyl sites for hydroxylation is 1. The van der Waals surface area contributed by atoms with Crippen LogP contribution < -0.4 is 11.1 Å². The van der Waals surface area contributed by atoms with Crippen molar-refractivity contribution in [3.05, 3.63) is 64.2 Å². The highest BCUT2D eigenvalue weighted by Crippen LogP contribution is 2.34. The predicted octanol–water partition coefficient (Wildman–Crippen LogP) is 3.48. The van der Waals surface area contributed by atoms with Crippen molar-refractivity contribution in [1.82, 2.24) is 25.0 Å². The molecule has 4 rings (SSSR count). The number of carbonyl (C=O) groups is 2. The Morgan fingerprint density at radius 3 is 2.69 bits per heavy atom. The van der Waals surface area contributed by atoms with Gasteiger partial charge in [-0.1, -0.05) is 17.7 Å². The number of amides is 2. The third-order valence-corrected chi connectivity index (χ3v) is 4.89. The van der Waals surface area contributed by atoms with Crippen molar-refractivity contribution in [3.8, 4) is 5.82 Å². The number of nitrogens with one attached hydrogen (secondary N) is 2. The highest BCUT2D eigenvalue weighted by molar-refractivity contribution is 6.36. The van der Waals surface area contributed by atoms with Crippen molar-refractivity contribution in [2.45, 2.75) is 13.1 Å². The summed E-state index contributed by atoms with van der Waals surface area (Å²) in [5.74, 6) is -1.91. The second-order valence-electron chi connectivity index (χ2n) is 6.73. The minimum absolute atomic E-state index is 0.0263. The molecule has 0 bridgehead atoms. The van der Waals surface area contributed by atoms with Gasteiger partial charge in [-0.25, -0.2) is 9.67 Å². The Kier molecular flexibility index (Phi) is 5.09. The van der Waals surface area contributed by atoms with Gasteiger partial charge in [0.25, 0.3) is 11.8 Å². The van der Waals surface area contributed by atoms with Crippen LogP contribution in [0.1, 0.15) is 32.1 Å². The molecule has 0 spiro atoms. The number of pyridine rings is 1. The lowest BCUT2D eigenvalue weighted by molar-refractivity contribution is -0.141. The monoisotopic (exact) mass is 463 g/mol. The molecule has 9 nitrogen and oxygen atoms in total. The van der Waals surface area contributed by atoms with Gasteiger partial charge in [0.15, 0.2) is 11.5 Å². The van der Waals surface area contributed by atoms with E-state index in [2.05, 4.69) is 25.6 Å². The van der Waals surface area contributed by atoms with Gasteiger partial charge in [-0.3, -0.25) is 14.7 Å². The number of halogens is 4. The van der Waals surface area contributed by atoms with Gasteiger partial charge in [-0.05, 0) is 24.6 Å². The number of nitrogens with two attached hydrogens (primary N) is 1. The van der Waals surface area contributed by atoms with Gasteiger partial charge < -0.3 is 11.1 Å². The van der Waals surface area contributed by atoms with E-state index in [1.54, 1.807) is 19.1 Å². The van der Waals surface area contributed by atoms with E-state index >= 15 is 0 Å². The van der Waals surface area contributed by atoms with Gasteiger partial charge in [-0.15, -0.1) is 0 Å². The minimum Gasteiger partial charge on any atom is -0.365 e. The van der Waals surface area contributed by atoms with Crippen molar-refractivity contribution in [1.29, 1.82) is 0 Å². The number of H-pyrrole nitrogens is 1. The van der Waals surface area contributed by atoms with Crippen LogP contribution in [0.3, 0.4) is 0 Å². The molecule has 0 aliphatic carbocycles. The first-order valence-electron chi connectivity index (χ1n) is 8.94. The van der Waals surface area contributed by atoms with Crippen molar-refractivity contribution >= 4 is 40.0 Å². The van der Waals surface area contributed by atoms with Crippen LogP contribution in [-0.4, -0.2) is 36.8 Å². The number of benzene rings is 1. The van der Waals surface area contributed by atoms with E-state index in [9.17, 15) is 22.8 Å². The zero-order valence-electron chi connectivity index (χ0n) is 16.2. The van der Waals surface area contributed by atoms with Gasteiger partial charge in [0.1, 0.15) is 5.69 Å². The highest BCUT2D eigenvalue weighted by atomic mass is 35.5. The molecule has 3 heterocycles. The maximum absolute atomic E-state index is 13.3. The van der Waals surface area contributed by atoms with Crippen LogP contribution in [-0.2, 0) is 6.18 Å². The Morgan fingerprint density at radius 2 is 2.03 bits per heavy atom. The summed E-state index contributed by atoms with van der Waals surface area (Å²) in [4.78, 5) is 29.1. The van der Waals surface area contributed by atoms with Crippen molar-refractivity contribution in [2.24, 2.45) is 5.73 Å². The second kappa shape index (κ2) is 7.64. The summed E-state index contributed by atoms with van der Waals surface area (Å²) >= 11 is 6.22. The smallest absolute Gasteiger partial charge is 0.365 e. The normalized spacial score (nSPS) is 11.7. The molecule has 0 aliphatic heterocycles. The molecule has 1 aromatic carbocycles. The summed E-state index contributed by atoms with van der Waals surface area (Å²) in [5, 5.41) is 12.7. The summed E-state index contributed by atoms with van der Waals surface area (Å²) < 4.78 is 40.8. The summed E-state index contributed by atoms with van der Waals surface area (Å²) in [6.45, 7) is 1.60. The molecule has 0 saturated heterocycles. The summed E-state index contributed by atoms with van der Waals surface area (Å²) in [7, 11) is 0. The molecule has 0 fully saturated rings. The fraction of sp³-hybridized carbons (Fsp3) is 0.105. The Bertz CT molecular complexity index is 1380. The van der Waals surface area contributed by atoms with E-state index in [1.807, 2.05) is 0 Å². The average Bonchev–Trinajstić information content (AvgIpc) is 3.35. The molecule has 32 heavy (non-hydrogen) atoms. The maximum Gasteiger partial charge on any atom is 0.435 e. The molecule has 0 radical (unpaired) electrons. The van der Waals surface area contributed by atoms with E-state index in [4.69, 9.17) is 17.3 Å². The minimum atomic E-state index is -4.81. The van der Waals surface area contributed by atoms with Crippen molar-refractivity contribution in [3.63, 3.8) is 0 Å². The van der Waals surface area contributed by atoms with Crippen LogP contribution in [0.15, 0.2) is 36.7 Å². The molecular weight excluding hydrogens is 451 g/mol. The summed E-state index contributed by atoms with van der Waals surface area (Å²) in [6, 6.07) is 5.19. The number of aromatic nitrogens is 5. The molecule has 4 aromatic rings. The maximum atomic E-state index is 13.3. The molecule has 0 unspecified atom stereocenters. The fourth-order valence-electron chi connectivity index (χ4n) is 3.15. The topological polar surface area (TPSA) is 132 Å². The number of nitrogens with zero attached hydrogens (tertiary/aromatic N) is 4. The zero-order chi connectivity index (χ0) is 23.2. The number of fused-ring (bicyclic) bond motifs is 1. The molecule has 4 N–H and O–H groups in total. The highest BCUT2D eigenvalue weighted by Gasteiger charge is 2.36. The number of alkyl halides is 3. The van der Waals surface area contributed by atoms with Crippen LogP contribution in [0.25, 0.3) is 16.7 Å². The fourth-order valence-corrected chi connectivity index (χ4v) is 3.41. The number of hydrogen-bond donors (Lipinski definition) is 3. The van der Waals surface area contributed by atoms with Crippen LogP contribution in [0.5, 0.6) is 0 Å². The lowest BCUT2D eigenvalue weighted by Gasteiger charge is -2.13. The Hall–Kier alpha value is -3.93. The van der Waals surface area contributed by atoms with E-state index in [0.717, 1.165) is 4.68 Å². The van der Waals surface area contributed by atoms with Crippen LogP contribution >= 0.6 is 11.6 Å². The summed E-state index contributed by atoms with van der Waals surface area (Å²) in [6.07, 6.45) is -2.06. The van der Waals surface area contributed by atoms with Gasteiger partial charge in [0, 0.05) is 17.6 Å². The molecule has 2 amide bonds. The van der Waals surface area contributed by atoms with E-state index in [-0.39, 0.29) is 27.6 Å². The molecule has 164 valence electrons. The lowest BCUT2D eigenvalue weighted by Crippen LogP contribution is -2.21. The van der Waals surface area contributed by atoms with E-state index in [1.165, 1.54) is 18.5 Å². The molecular formula is C19H13ClF3N7O2. The van der Waals surface area contributed by atoms with Gasteiger partial charge >= 0.3 is 6.18 Å². The summed E-state index contributed by atoms with van der Waals surface area (Å²) in [5.41, 5.74) is 4.02. The Labute approximate surface area is 182 Å². The quantitative estimate of drug-likeness (QED) is 0.426. The first-order valence-corrected chi connectivity index (χ1v) is 9.31. The molecule has 3 aromatic heterocycles. The first-order chi connectivity index (χ1) is 15.1. The van der Waals surface area contributed by atoms with Gasteiger partial charge in [-0.2, -0.15) is 23.4 Å². The molecule has 0 aliphatic rings. The Balaban J connectivity index is 1.85. The number of aromatic amines is 1. The third-order valence-electron chi connectivity index (χ3n) is 4.59. The predicted molar refractivity (Wildman–Crippen MR) is 109 cm³/mol. The largest absolute Gasteiger partial charge is 0.435 e. The first kappa shape index (κ1) is 21.3. The van der Waals surface area contributed by atoms with Gasteiger partial charge in [0.2, 0.25) is 0 Å². The van der Waals surface area contributed by atoms with E-state index in [0.29, 0.717) is 17.0 Å². The SMILES string of the molecule is Cc1cccnc1-n1nc(C(F)(F)F)cc1C(=O)Nc1c(Cl)cc2cn[nH]c2c1C(N)=O. The standard InChI is InChI=1S/C19H13ClF3N7O2/c1-8-3-2-4-25-17(8)30-11(6-12(29-30)19(21,22)23)18(32)27-15-10(20)5-9-7-26-28-14(9)13(15)16(24)31/h2-7H,1H3,(H2,24,31)(H,26,28)(H,27,32). The molecule has 13 heteroatoms. The van der Waals surface area contributed by atoms with Gasteiger partial charge in [0.05, 0.1) is 28.0 Å². The van der Waals surface area contributed by atoms with Crippen LogP contribution in [0, 0.1) is 6.92 Å². The third kappa shape index (κ3) is 3.64. The Morgan fingerprint density at radius 1 is 1.28 bits per heavy atom. The second-order valence-corrected chi connectivity index (χ2v) is 7.14.